The minimum absolute atomic E-state index is 0.0109. The second-order valence-electron chi connectivity index (χ2n) is 6.40. The van der Waals surface area contributed by atoms with Crippen molar-refractivity contribution in [2.45, 2.75) is 0 Å². The number of halogens is 1. The molecule has 3 rings (SSSR count). The summed E-state index contributed by atoms with van der Waals surface area (Å²) in [5.41, 5.74) is 3.73. The molecular formula is C21H22IN3O5. The van der Waals surface area contributed by atoms with Gasteiger partial charge in [-0.1, -0.05) is 0 Å². The molecule has 2 aromatic carbocycles. The number of benzene rings is 2. The number of carbonyl (C=O) groups is 2. The van der Waals surface area contributed by atoms with E-state index in [2.05, 4.69) is 33.1 Å². The Morgan fingerprint density at radius 3 is 2.63 bits per heavy atom. The Morgan fingerprint density at radius 2 is 1.93 bits per heavy atom. The summed E-state index contributed by atoms with van der Waals surface area (Å²) in [7, 11) is 1.56. The van der Waals surface area contributed by atoms with Crippen LogP contribution in [0.3, 0.4) is 0 Å². The normalized spacial score (nSPS) is 13.9. The summed E-state index contributed by atoms with van der Waals surface area (Å²) in [6.45, 7) is 2.31. The van der Waals surface area contributed by atoms with E-state index in [0.29, 0.717) is 43.4 Å². The zero-order chi connectivity index (χ0) is 21.3. The van der Waals surface area contributed by atoms with E-state index in [9.17, 15) is 9.59 Å². The minimum atomic E-state index is -0.331. The van der Waals surface area contributed by atoms with E-state index >= 15 is 0 Å². The summed E-state index contributed by atoms with van der Waals surface area (Å²) < 4.78 is 16.9. The Balaban J connectivity index is 1.48. The van der Waals surface area contributed by atoms with Gasteiger partial charge in [-0.05, 0) is 70.6 Å². The van der Waals surface area contributed by atoms with Crippen LogP contribution in [0.2, 0.25) is 0 Å². The maximum absolute atomic E-state index is 12.2. The van der Waals surface area contributed by atoms with Crippen LogP contribution in [0.15, 0.2) is 47.6 Å². The van der Waals surface area contributed by atoms with Gasteiger partial charge in [0.25, 0.3) is 11.8 Å². The average Bonchev–Trinajstić information content (AvgIpc) is 2.79. The molecule has 1 saturated heterocycles. The van der Waals surface area contributed by atoms with Crippen LogP contribution in [0.1, 0.15) is 15.9 Å². The third-order valence-corrected chi connectivity index (χ3v) is 5.29. The molecule has 0 aromatic heterocycles. The molecule has 9 heteroatoms. The Labute approximate surface area is 188 Å². The molecule has 0 bridgehead atoms. The number of nitrogens with zero attached hydrogens (tertiary/aromatic N) is 2. The van der Waals surface area contributed by atoms with Gasteiger partial charge in [-0.25, -0.2) is 5.43 Å². The first kappa shape index (κ1) is 22.0. The third kappa shape index (κ3) is 6.17. The second kappa shape index (κ2) is 10.9. The Kier molecular flexibility index (Phi) is 8.03. The van der Waals surface area contributed by atoms with Gasteiger partial charge in [0.05, 0.1) is 30.1 Å². The summed E-state index contributed by atoms with van der Waals surface area (Å²) in [4.78, 5) is 26.0. The molecule has 0 spiro atoms. The first-order valence-electron chi connectivity index (χ1n) is 9.32. The fourth-order valence-electron chi connectivity index (χ4n) is 2.73. The predicted molar refractivity (Wildman–Crippen MR) is 120 cm³/mol. The van der Waals surface area contributed by atoms with Gasteiger partial charge in [0.15, 0.2) is 6.61 Å². The number of hydrogen-bond donors (Lipinski definition) is 1. The molecule has 2 amide bonds. The molecule has 1 fully saturated rings. The molecule has 1 N–H and O–H groups in total. The zero-order valence-electron chi connectivity index (χ0n) is 16.5. The van der Waals surface area contributed by atoms with E-state index in [1.54, 1.807) is 54.5 Å². The Morgan fingerprint density at radius 1 is 1.20 bits per heavy atom. The summed E-state index contributed by atoms with van der Waals surface area (Å²) >= 11 is 2.14. The summed E-state index contributed by atoms with van der Waals surface area (Å²) in [6.07, 6.45) is 1.53. The largest absolute Gasteiger partial charge is 0.496 e. The average molecular weight is 523 g/mol. The maximum atomic E-state index is 12.2. The van der Waals surface area contributed by atoms with Crippen LogP contribution in [0.25, 0.3) is 0 Å². The van der Waals surface area contributed by atoms with E-state index in [0.717, 1.165) is 9.13 Å². The van der Waals surface area contributed by atoms with Crippen LogP contribution >= 0.6 is 22.6 Å². The van der Waals surface area contributed by atoms with E-state index in [-0.39, 0.29) is 18.4 Å². The highest BCUT2D eigenvalue weighted by atomic mass is 127. The summed E-state index contributed by atoms with van der Waals surface area (Å²) in [5, 5.41) is 3.98. The lowest BCUT2D eigenvalue weighted by molar-refractivity contribution is -0.137. The van der Waals surface area contributed by atoms with Crippen molar-refractivity contribution in [3.8, 4) is 11.5 Å². The van der Waals surface area contributed by atoms with Gasteiger partial charge >= 0.3 is 0 Å². The number of hydrogen-bond acceptors (Lipinski definition) is 6. The zero-order valence-corrected chi connectivity index (χ0v) is 18.6. The molecule has 8 nitrogen and oxygen atoms in total. The van der Waals surface area contributed by atoms with E-state index in [1.807, 2.05) is 0 Å². The van der Waals surface area contributed by atoms with Gasteiger partial charge < -0.3 is 19.1 Å². The van der Waals surface area contributed by atoms with Crippen molar-refractivity contribution in [1.29, 1.82) is 0 Å². The van der Waals surface area contributed by atoms with Gasteiger partial charge in [-0.15, -0.1) is 0 Å². The maximum Gasteiger partial charge on any atom is 0.271 e. The van der Waals surface area contributed by atoms with Crippen molar-refractivity contribution >= 4 is 40.6 Å². The molecule has 1 aliphatic rings. The van der Waals surface area contributed by atoms with Crippen molar-refractivity contribution in [1.82, 2.24) is 10.3 Å². The SMILES string of the molecule is COc1cc(C(=O)N/N=C/c2ccc(OCC(=O)N3CCOCC3)cc2)ccc1I. The molecule has 0 unspecified atom stereocenters. The molecule has 0 aliphatic carbocycles. The monoisotopic (exact) mass is 523 g/mol. The number of amides is 2. The quantitative estimate of drug-likeness (QED) is 0.342. The smallest absolute Gasteiger partial charge is 0.271 e. The first-order chi connectivity index (χ1) is 14.6. The van der Waals surface area contributed by atoms with E-state index in [1.165, 1.54) is 6.21 Å². The van der Waals surface area contributed by atoms with Crippen LogP contribution in [0.5, 0.6) is 11.5 Å². The van der Waals surface area contributed by atoms with Crippen molar-refractivity contribution < 1.29 is 23.8 Å². The Bertz CT molecular complexity index is 911. The Hall–Kier alpha value is -2.66. The van der Waals surface area contributed by atoms with Gasteiger partial charge in [-0.3, -0.25) is 9.59 Å². The number of methoxy groups -OCH3 is 1. The topological polar surface area (TPSA) is 89.5 Å². The number of rotatable bonds is 7. The van der Waals surface area contributed by atoms with Crippen molar-refractivity contribution in [2.75, 3.05) is 40.0 Å². The molecule has 0 radical (unpaired) electrons. The number of carbonyl (C=O) groups excluding carboxylic acids is 2. The molecule has 158 valence electrons. The number of morpholine rings is 1. The van der Waals surface area contributed by atoms with Crippen LogP contribution in [-0.4, -0.2) is 62.9 Å². The highest BCUT2D eigenvalue weighted by molar-refractivity contribution is 14.1. The molecular weight excluding hydrogens is 501 g/mol. The van der Waals surface area contributed by atoms with Crippen LogP contribution in [0, 0.1) is 3.57 Å². The lowest BCUT2D eigenvalue weighted by Gasteiger charge is -2.26. The second-order valence-corrected chi connectivity index (χ2v) is 7.56. The number of nitrogens with one attached hydrogen (secondary N) is 1. The van der Waals surface area contributed by atoms with Crippen LogP contribution in [0.4, 0.5) is 0 Å². The minimum Gasteiger partial charge on any atom is -0.496 e. The lowest BCUT2D eigenvalue weighted by Crippen LogP contribution is -2.42. The summed E-state index contributed by atoms with van der Waals surface area (Å²) in [6, 6.07) is 12.3. The molecule has 0 atom stereocenters. The van der Waals surface area contributed by atoms with Gasteiger partial charge in [0.2, 0.25) is 0 Å². The summed E-state index contributed by atoms with van der Waals surface area (Å²) in [5.74, 6) is 0.833. The van der Waals surface area contributed by atoms with Crippen molar-refractivity contribution in [3.63, 3.8) is 0 Å². The van der Waals surface area contributed by atoms with E-state index in [4.69, 9.17) is 14.2 Å². The highest BCUT2D eigenvalue weighted by Gasteiger charge is 2.17. The molecule has 1 heterocycles. The van der Waals surface area contributed by atoms with Gasteiger partial charge in [0.1, 0.15) is 11.5 Å². The lowest BCUT2D eigenvalue weighted by atomic mass is 10.2. The standard InChI is InChI=1S/C21H22IN3O5/c1-28-19-12-16(4-7-18(19)22)21(27)24-23-13-15-2-5-17(6-3-15)30-14-20(26)25-8-10-29-11-9-25/h2-7,12-13H,8-11,14H2,1H3,(H,24,27)/b23-13+. The van der Waals surface area contributed by atoms with Crippen LogP contribution in [-0.2, 0) is 9.53 Å². The first-order valence-corrected chi connectivity index (χ1v) is 10.4. The molecule has 2 aromatic rings. The van der Waals surface area contributed by atoms with Gasteiger partial charge in [0, 0.05) is 18.7 Å². The predicted octanol–water partition coefficient (Wildman–Crippen LogP) is 2.30. The number of ether oxygens (including phenoxy) is 3. The molecule has 1 aliphatic heterocycles. The highest BCUT2D eigenvalue weighted by Crippen LogP contribution is 2.21. The van der Waals surface area contributed by atoms with Crippen molar-refractivity contribution in [2.24, 2.45) is 5.10 Å². The van der Waals surface area contributed by atoms with E-state index < -0.39 is 0 Å². The molecule has 30 heavy (non-hydrogen) atoms. The number of hydrazone groups is 1. The van der Waals surface area contributed by atoms with Crippen molar-refractivity contribution in [3.05, 3.63) is 57.2 Å². The fraction of sp³-hybridized carbons (Fsp3) is 0.286. The fourth-order valence-corrected chi connectivity index (χ4v) is 3.29. The third-order valence-electron chi connectivity index (χ3n) is 4.40. The van der Waals surface area contributed by atoms with Gasteiger partial charge in [-0.2, -0.15) is 5.10 Å². The van der Waals surface area contributed by atoms with Crippen LogP contribution < -0.4 is 14.9 Å². The molecule has 0 saturated carbocycles.